The maximum Gasteiger partial charge on any atom is 0.129 e. The van der Waals surface area contributed by atoms with E-state index in [2.05, 4.69) is 27.4 Å². The van der Waals surface area contributed by atoms with Crippen molar-refractivity contribution in [1.29, 1.82) is 0 Å². The summed E-state index contributed by atoms with van der Waals surface area (Å²) < 4.78 is 0. The Morgan fingerprint density at radius 1 is 1.00 bits per heavy atom. The van der Waals surface area contributed by atoms with E-state index in [1.165, 1.54) is 5.56 Å². The van der Waals surface area contributed by atoms with Crippen molar-refractivity contribution >= 4 is 11.0 Å². The first-order valence-electron chi connectivity index (χ1n) is 6.05. The highest BCUT2D eigenvalue weighted by Crippen LogP contribution is 2.21. The number of rotatable bonds is 3. The second-order valence-electron chi connectivity index (χ2n) is 4.27. The molecular formula is C15H15N3. The number of para-hydroxylation sites is 2. The third-order valence-electron chi connectivity index (χ3n) is 3.10. The van der Waals surface area contributed by atoms with Crippen molar-refractivity contribution in [3.63, 3.8) is 0 Å². The fourth-order valence-electron chi connectivity index (χ4n) is 2.22. The van der Waals surface area contributed by atoms with E-state index in [0.29, 0.717) is 0 Å². The SMILES string of the molecule is CNC(c1ccccc1)c1nc2ccccc2[nH]1. The van der Waals surface area contributed by atoms with Gasteiger partial charge < -0.3 is 10.3 Å². The molecular weight excluding hydrogens is 222 g/mol. The molecule has 0 saturated heterocycles. The van der Waals surface area contributed by atoms with Gasteiger partial charge in [0.2, 0.25) is 0 Å². The summed E-state index contributed by atoms with van der Waals surface area (Å²) in [5, 5.41) is 3.30. The molecule has 2 N–H and O–H groups in total. The Kier molecular flexibility index (Phi) is 2.82. The van der Waals surface area contributed by atoms with Gasteiger partial charge in [-0.1, -0.05) is 42.5 Å². The van der Waals surface area contributed by atoms with Gasteiger partial charge in [-0.2, -0.15) is 0 Å². The minimum absolute atomic E-state index is 0.0959. The van der Waals surface area contributed by atoms with Gasteiger partial charge in [0.1, 0.15) is 5.82 Å². The summed E-state index contributed by atoms with van der Waals surface area (Å²) in [5.41, 5.74) is 3.28. The fourth-order valence-corrected chi connectivity index (χ4v) is 2.22. The summed E-state index contributed by atoms with van der Waals surface area (Å²) in [7, 11) is 1.95. The van der Waals surface area contributed by atoms with Crippen molar-refractivity contribution in [1.82, 2.24) is 15.3 Å². The van der Waals surface area contributed by atoms with Gasteiger partial charge >= 0.3 is 0 Å². The van der Waals surface area contributed by atoms with Crippen molar-refractivity contribution in [2.24, 2.45) is 0 Å². The van der Waals surface area contributed by atoms with Crippen LogP contribution in [0.3, 0.4) is 0 Å². The molecule has 0 bridgehead atoms. The second-order valence-corrected chi connectivity index (χ2v) is 4.27. The molecule has 0 aliphatic heterocycles. The molecule has 3 nitrogen and oxygen atoms in total. The van der Waals surface area contributed by atoms with Crippen molar-refractivity contribution < 1.29 is 0 Å². The van der Waals surface area contributed by atoms with E-state index in [4.69, 9.17) is 0 Å². The van der Waals surface area contributed by atoms with Crippen LogP contribution >= 0.6 is 0 Å². The molecule has 0 aliphatic rings. The number of hydrogen-bond acceptors (Lipinski definition) is 2. The highest BCUT2D eigenvalue weighted by molar-refractivity contribution is 5.74. The maximum atomic E-state index is 4.64. The third-order valence-corrected chi connectivity index (χ3v) is 3.10. The lowest BCUT2D eigenvalue weighted by atomic mass is 10.1. The van der Waals surface area contributed by atoms with E-state index in [0.717, 1.165) is 16.9 Å². The summed E-state index contributed by atoms with van der Waals surface area (Å²) in [5.74, 6) is 0.949. The summed E-state index contributed by atoms with van der Waals surface area (Å²) in [4.78, 5) is 8.01. The van der Waals surface area contributed by atoms with Gasteiger partial charge in [-0.3, -0.25) is 0 Å². The van der Waals surface area contributed by atoms with Crippen LogP contribution in [0.1, 0.15) is 17.4 Å². The lowest BCUT2D eigenvalue weighted by Gasteiger charge is -2.13. The molecule has 90 valence electrons. The van der Waals surface area contributed by atoms with Crippen LogP contribution in [-0.2, 0) is 0 Å². The zero-order chi connectivity index (χ0) is 12.4. The minimum atomic E-state index is 0.0959. The van der Waals surface area contributed by atoms with Gasteiger partial charge in [0, 0.05) is 0 Å². The van der Waals surface area contributed by atoms with Gasteiger partial charge in [0.15, 0.2) is 0 Å². The van der Waals surface area contributed by atoms with Crippen molar-refractivity contribution in [2.75, 3.05) is 7.05 Å². The number of hydrogen-bond donors (Lipinski definition) is 2. The Bertz CT molecular complexity index is 610. The van der Waals surface area contributed by atoms with E-state index in [9.17, 15) is 0 Å². The highest BCUT2D eigenvalue weighted by Gasteiger charge is 2.15. The zero-order valence-electron chi connectivity index (χ0n) is 10.2. The average Bonchev–Trinajstić information content (AvgIpc) is 2.84. The van der Waals surface area contributed by atoms with Crippen LogP contribution in [0.4, 0.5) is 0 Å². The minimum Gasteiger partial charge on any atom is -0.340 e. The molecule has 0 radical (unpaired) electrons. The Morgan fingerprint density at radius 2 is 1.72 bits per heavy atom. The number of aromatic amines is 1. The molecule has 2 aromatic carbocycles. The number of nitrogens with zero attached hydrogens (tertiary/aromatic N) is 1. The molecule has 18 heavy (non-hydrogen) atoms. The van der Waals surface area contributed by atoms with Crippen LogP contribution in [-0.4, -0.2) is 17.0 Å². The van der Waals surface area contributed by atoms with Crippen molar-refractivity contribution in [3.05, 3.63) is 66.0 Å². The normalized spacial score (nSPS) is 12.7. The highest BCUT2D eigenvalue weighted by atomic mass is 15.0. The predicted molar refractivity (Wildman–Crippen MR) is 73.4 cm³/mol. The summed E-state index contributed by atoms with van der Waals surface area (Å²) in [6, 6.07) is 18.5. The van der Waals surface area contributed by atoms with Crippen LogP contribution in [0, 0.1) is 0 Å². The summed E-state index contributed by atoms with van der Waals surface area (Å²) in [6.07, 6.45) is 0. The monoisotopic (exact) mass is 237 g/mol. The van der Waals surface area contributed by atoms with E-state index >= 15 is 0 Å². The number of aromatic nitrogens is 2. The molecule has 0 spiro atoms. The van der Waals surface area contributed by atoms with Gasteiger partial charge in [-0.15, -0.1) is 0 Å². The largest absolute Gasteiger partial charge is 0.340 e. The first kappa shape index (κ1) is 11.0. The number of fused-ring (bicyclic) bond motifs is 1. The lowest BCUT2D eigenvalue weighted by Crippen LogP contribution is -2.18. The predicted octanol–water partition coefficient (Wildman–Crippen LogP) is 2.87. The molecule has 0 saturated carbocycles. The summed E-state index contributed by atoms with van der Waals surface area (Å²) in [6.45, 7) is 0. The van der Waals surface area contributed by atoms with E-state index in [1.54, 1.807) is 0 Å². The van der Waals surface area contributed by atoms with E-state index in [-0.39, 0.29) is 6.04 Å². The first-order valence-corrected chi connectivity index (χ1v) is 6.05. The van der Waals surface area contributed by atoms with Gasteiger partial charge in [-0.25, -0.2) is 4.98 Å². The quantitative estimate of drug-likeness (QED) is 0.735. The summed E-state index contributed by atoms with van der Waals surface area (Å²) >= 11 is 0. The smallest absolute Gasteiger partial charge is 0.129 e. The van der Waals surface area contributed by atoms with Crippen LogP contribution in [0.25, 0.3) is 11.0 Å². The molecule has 1 atom stereocenters. The average molecular weight is 237 g/mol. The molecule has 0 fully saturated rings. The topological polar surface area (TPSA) is 40.7 Å². The molecule has 3 heteroatoms. The maximum absolute atomic E-state index is 4.64. The Balaban J connectivity index is 2.06. The van der Waals surface area contributed by atoms with Gasteiger partial charge in [0.05, 0.1) is 17.1 Å². The first-order chi connectivity index (χ1) is 8.88. The molecule has 1 aromatic heterocycles. The van der Waals surface area contributed by atoms with Gasteiger partial charge in [-0.05, 0) is 24.7 Å². The Morgan fingerprint density at radius 3 is 2.44 bits per heavy atom. The van der Waals surface area contributed by atoms with Crippen LogP contribution in [0.2, 0.25) is 0 Å². The van der Waals surface area contributed by atoms with Crippen LogP contribution < -0.4 is 5.32 Å². The number of imidazole rings is 1. The third kappa shape index (κ3) is 1.89. The number of benzene rings is 2. The van der Waals surface area contributed by atoms with Crippen LogP contribution in [0.15, 0.2) is 54.6 Å². The molecule has 0 aliphatic carbocycles. The molecule has 1 unspecified atom stereocenters. The van der Waals surface area contributed by atoms with E-state index < -0.39 is 0 Å². The van der Waals surface area contributed by atoms with Crippen LogP contribution in [0.5, 0.6) is 0 Å². The number of H-pyrrole nitrogens is 1. The molecule has 0 amide bonds. The van der Waals surface area contributed by atoms with Crippen molar-refractivity contribution in [2.45, 2.75) is 6.04 Å². The fraction of sp³-hybridized carbons (Fsp3) is 0.133. The molecule has 3 rings (SSSR count). The lowest BCUT2D eigenvalue weighted by molar-refractivity contribution is 0.657. The van der Waals surface area contributed by atoms with Crippen molar-refractivity contribution in [3.8, 4) is 0 Å². The number of nitrogens with one attached hydrogen (secondary N) is 2. The molecule has 1 heterocycles. The Labute approximate surface area is 106 Å². The van der Waals surface area contributed by atoms with Gasteiger partial charge in [0.25, 0.3) is 0 Å². The second kappa shape index (κ2) is 4.63. The molecule has 3 aromatic rings. The Hall–Kier alpha value is -2.13. The van der Waals surface area contributed by atoms with E-state index in [1.807, 2.05) is 49.5 Å². The zero-order valence-corrected chi connectivity index (χ0v) is 10.2. The standard InChI is InChI=1S/C15H15N3/c1-16-14(11-7-3-2-4-8-11)15-17-12-9-5-6-10-13(12)18-15/h2-10,14,16H,1H3,(H,17,18).